The van der Waals surface area contributed by atoms with Crippen molar-refractivity contribution in [2.45, 2.75) is 0 Å². The van der Waals surface area contributed by atoms with E-state index in [0.717, 1.165) is 0 Å². The molecule has 7 heteroatoms. The van der Waals surface area contributed by atoms with Crippen LogP contribution in [0, 0.1) is 0 Å². The molecule has 2 aromatic heterocycles. The van der Waals surface area contributed by atoms with Gasteiger partial charge in [0, 0.05) is 22.6 Å². The topological polar surface area (TPSA) is 75.5 Å². The van der Waals surface area contributed by atoms with E-state index in [4.69, 9.17) is 11.6 Å². The molecule has 0 aliphatic carbocycles. The summed E-state index contributed by atoms with van der Waals surface area (Å²) < 4.78 is 1.59. The van der Waals surface area contributed by atoms with Crippen molar-refractivity contribution in [3.05, 3.63) is 95.5 Å². The van der Waals surface area contributed by atoms with Gasteiger partial charge in [0.25, 0.3) is 11.8 Å². The Morgan fingerprint density at radius 2 is 1.43 bits per heavy atom. The maximum absolute atomic E-state index is 12.7. The minimum atomic E-state index is -0.428. The molecule has 0 radical (unpaired) electrons. The van der Waals surface area contributed by atoms with Crippen LogP contribution >= 0.6 is 11.6 Å². The largest absolute Gasteiger partial charge is 0.321 e. The minimum absolute atomic E-state index is 0.115. The van der Waals surface area contributed by atoms with Crippen molar-refractivity contribution in [1.82, 2.24) is 9.38 Å². The highest BCUT2D eigenvalue weighted by molar-refractivity contribution is 6.30. The number of hydrogen-bond acceptors (Lipinski definition) is 3. The van der Waals surface area contributed by atoms with Crippen LogP contribution in [0.3, 0.4) is 0 Å². The lowest BCUT2D eigenvalue weighted by atomic mass is 10.3. The van der Waals surface area contributed by atoms with E-state index in [1.165, 1.54) is 0 Å². The van der Waals surface area contributed by atoms with E-state index >= 15 is 0 Å². The molecule has 0 saturated carbocycles. The fourth-order valence-corrected chi connectivity index (χ4v) is 2.92. The zero-order chi connectivity index (χ0) is 19.5. The van der Waals surface area contributed by atoms with Gasteiger partial charge in [-0.15, -0.1) is 0 Å². The van der Waals surface area contributed by atoms with Crippen LogP contribution < -0.4 is 10.6 Å². The Kier molecular flexibility index (Phi) is 4.78. The highest BCUT2D eigenvalue weighted by Crippen LogP contribution is 2.18. The number of nitrogens with zero attached hydrogens (tertiary/aromatic N) is 2. The Morgan fingerprint density at radius 1 is 0.786 bits per heavy atom. The van der Waals surface area contributed by atoms with Crippen LogP contribution in [0.5, 0.6) is 0 Å². The van der Waals surface area contributed by atoms with Gasteiger partial charge in [0.2, 0.25) is 5.82 Å². The van der Waals surface area contributed by atoms with Crippen LogP contribution in [0.1, 0.15) is 21.1 Å². The molecule has 0 atom stereocenters. The molecule has 0 fully saturated rings. The lowest BCUT2D eigenvalue weighted by molar-refractivity contribution is 0.101. The number of para-hydroxylation sites is 1. The van der Waals surface area contributed by atoms with Crippen LogP contribution in [0.2, 0.25) is 5.02 Å². The van der Waals surface area contributed by atoms with Crippen molar-refractivity contribution in [2.24, 2.45) is 0 Å². The second kappa shape index (κ2) is 7.54. The number of benzene rings is 2. The molecule has 138 valence electrons. The van der Waals surface area contributed by atoms with E-state index in [2.05, 4.69) is 15.6 Å². The summed E-state index contributed by atoms with van der Waals surface area (Å²) in [6.45, 7) is 0. The van der Waals surface area contributed by atoms with Gasteiger partial charge in [-0.3, -0.25) is 14.0 Å². The first kappa shape index (κ1) is 17.8. The Bertz CT molecular complexity index is 1150. The molecule has 0 aliphatic rings. The summed E-state index contributed by atoms with van der Waals surface area (Å²) in [4.78, 5) is 29.8. The van der Waals surface area contributed by atoms with Crippen LogP contribution in [-0.2, 0) is 0 Å². The van der Waals surface area contributed by atoms with E-state index in [9.17, 15) is 9.59 Å². The number of nitrogens with one attached hydrogen (secondary N) is 2. The highest BCUT2D eigenvalue weighted by Gasteiger charge is 2.21. The zero-order valence-electron chi connectivity index (χ0n) is 14.6. The molecule has 0 saturated heterocycles. The van der Waals surface area contributed by atoms with Gasteiger partial charge in [-0.2, -0.15) is 0 Å². The first-order valence-electron chi connectivity index (χ1n) is 8.52. The van der Waals surface area contributed by atoms with Crippen LogP contribution in [0.25, 0.3) is 5.52 Å². The van der Waals surface area contributed by atoms with Gasteiger partial charge in [-0.05, 0) is 48.5 Å². The average Bonchev–Trinajstić information content (AvgIpc) is 3.10. The molecular weight excluding hydrogens is 376 g/mol. The van der Waals surface area contributed by atoms with Crippen molar-refractivity contribution in [3.63, 3.8) is 0 Å². The number of anilines is 2. The van der Waals surface area contributed by atoms with Crippen molar-refractivity contribution < 1.29 is 9.59 Å². The Labute approximate surface area is 165 Å². The summed E-state index contributed by atoms with van der Waals surface area (Å²) in [5.74, 6) is -0.702. The zero-order valence-corrected chi connectivity index (χ0v) is 15.4. The molecule has 0 unspecified atom stereocenters. The van der Waals surface area contributed by atoms with Gasteiger partial charge in [0.05, 0.1) is 5.52 Å². The van der Waals surface area contributed by atoms with Gasteiger partial charge in [-0.25, -0.2) is 4.98 Å². The molecule has 0 spiro atoms. The molecule has 0 aliphatic heterocycles. The highest BCUT2D eigenvalue weighted by atomic mass is 35.5. The first-order valence-corrected chi connectivity index (χ1v) is 8.90. The SMILES string of the molecule is O=C(Nc1ccccc1)c1nc(C(=O)Nc2ccc(Cl)cc2)n2ccccc12. The van der Waals surface area contributed by atoms with Crippen LogP contribution in [0.15, 0.2) is 79.0 Å². The molecule has 28 heavy (non-hydrogen) atoms. The lowest BCUT2D eigenvalue weighted by Gasteiger charge is -2.04. The summed E-state index contributed by atoms with van der Waals surface area (Å²) in [5, 5.41) is 6.14. The molecule has 4 rings (SSSR count). The van der Waals surface area contributed by atoms with Gasteiger partial charge in [0.1, 0.15) is 0 Å². The maximum atomic E-state index is 12.7. The van der Waals surface area contributed by atoms with E-state index in [-0.39, 0.29) is 17.4 Å². The Hall–Kier alpha value is -3.64. The third kappa shape index (κ3) is 3.58. The van der Waals surface area contributed by atoms with E-state index < -0.39 is 5.91 Å². The lowest BCUT2D eigenvalue weighted by Crippen LogP contribution is -2.16. The second-order valence-electron chi connectivity index (χ2n) is 6.02. The molecule has 2 amide bonds. The number of carbonyl (C=O) groups excluding carboxylic acids is 2. The molecular formula is C21H15ClN4O2. The monoisotopic (exact) mass is 390 g/mol. The van der Waals surface area contributed by atoms with Crippen molar-refractivity contribution in [2.75, 3.05) is 10.6 Å². The molecule has 4 aromatic rings. The summed E-state index contributed by atoms with van der Waals surface area (Å²) in [5.41, 5.74) is 1.94. The molecule has 2 heterocycles. The second-order valence-corrected chi connectivity index (χ2v) is 6.46. The standard InChI is InChI=1S/C21H15ClN4O2/c22-14-9-11-16(12-10-14)24-21(28)19-25-18(17-8-4-5-13-26(17)19)20(27)23-15-6-2-1-3-7-15/h1-13H,(H,23,27)(H,24,28). The number of aromatic nitrogens is 2. The normalized spacial score (nSPS) is 10.6. The number of halogens is 1. The van der Waals surface area contributed by atoms with Crippen LogP contribution in [0.4, 0.5) is 11.4 Å². The summed E-state index contributed by atoms with van der Waals surface area (Å²) >= 11 is 5.87. The summed E-state index contributed by atoms with van der Waals surface area (Å²) in [7, 11) is 0. The predicted octanol–water partition coefficient (Wildman–Crippen LogP) is 4.49. The quantitative estimate of drug-likeness (QED) is 0.539. The predicted molar refractivity (Wildman–Crippen MR) is 109 cm³/mol. The molecule has 6 nitrogen and oxygen atoms in total. The first-order chi connectivity index (χ1) is 13.6. The number of amides is 2. The van der Waals surface area contributed by atoms with Crippen molar-refractivity contribution >= 4 is 40.3 Å². The van der Waals surface area contributed by atoms with E-state index in [1.54, 1.807) is 65.2 Å². The average molecular weight is 391 g/mol. The van der Waals surface area contributed by atoms with E-state index in [1.807, 2.05) is 18.2 Å². The Morgan fingerprint density at radius 3 is 2.18 bits per heavy atom. The number of pyridine rings is 1. The fraction of sp³-hybridized carbons (Fsp3) is 0. The van der Waals surface area contributed by atoms with Gasteiger partial charge in [0.15, 0.2) is 5.69 Å². The van der Waals surface area contributed by atoms with Gasteiger partial charge < -0.3 is 10.6 Å². The minimum Gasteiger partial charge on any atom is -0.321 e. The number of carbonyl (C=O) groups is 2. The number of rotatable bonds is 4. The van der Waals surface area contributed by atoms with E-state index in [0.29, 0.717) is 21.9 Å². The van der Waals surface area contributed by atoms with Crippen molar-refractivity contribution in [1.29, 1.82) is 0 Å². The maximum Gasteiger partial charge on any atom is 0.292 e. The summed E-state index contributed by atoms with van der Waals surface area (Å²) in [6, 6.07) is 21.1. The molecule has 0 bridgehead atoms. The summed E-state index contributed by atoms with van der Waals surface area (Å²) in [6.07, 6.45) is 1.69. The third-order valence-corrected chi connectivity index (χ3v) is 4.35. The Balaban J connectivity index is 1.67. The number of fused-ring (bicyclic) bond motifs is 1. The number of hydrogen-bond donors (Lipinski definition) is 2. The van der Waals surface area contributed by atoms with Crippen molar-refractivity contribution in [3.8, 4) is 0 Å². The molecule has 2 aromatic carbocycles. The van der Waals surface area contributed by atoms with Gasteiger partial charge >= 0.3 is 0 Å². The van der Waals surface area contributed by atoms with Crippen LogP contribution in [-0.4, -0.2) is 21.2 Å². The molecule has 2 N–H and O–H groups in total. The third-order valence-electron chi connectivity index (χ3n) is 4.10. The smallest absolute Gasteiger partial charge is 0.292 e. The fourth-order valence-electron chi connectivity index (χ4n) is 2.80. The van der Waals surface area contributed by atoms with Gasteiger partial charge in [-0.1, -0.05) is 35.9 Å². The number of imidazole rings is 1.